The summed E-state index contributed by atoms with van der Waals surface area (Å²) < 4.78 is 0. The van der Waals surface area contributed by atoms with Gasteiger partial charge in [0.1, 0.15) is 5.75 Å². The van der Waals surface area contributed by atoms with Gasteiger partial charge in [-0.3, -0.25) is 0 Å². The zero-order valence-corrected chi connectivity index (χ0v) is 16.5. The smallest absolute Gasteiger partial charge is 0.191 e. The number of guanidine groups is 1. The van der Waals surface area contributed by atoms with Crippen LogP contribution in [0.1, 0.15) is 49.8 Å². The fourth-order valence-corrected chi connectivity index (χ4v) is 2.23. The first kappa shape index (κ1) is 21.0. The average molecular weight is 419 g/mol. The molecule has 0 aromatic heterocycles. The molecule has 1 aromatic carbocycles. The number of aryl methyl sites for hydroxylation is 2. The van der Waals surface area contributed by atoms with Crippen LogP contribution in [0.3, 0.4) is 0 Å². The molecule has 4 nitrogen and oxygen atoms in total. The molecular formula is C17H30IN3O. The molecule has 3 N–H and O–H groups in total. The largest absolute Gasteiger partial charge is 0.507 e. The van der Waals surface area contributed by atoms with Crippen molar-refractivity contribution in [3.05, 3.63) is 28.8 Å². The van der Waals surface area contributed by atoms with Crippen molar-refractivity contribution >= 4 is 29.9 Å². The number of hydrogen-bond donors (Lipinski definition) is 3. The van der Waals surface area contributed by atoms with Gasteiger partial charge in [-0.1, -0.05) is 31.9 Å². The Labute approximate surface area is 151 Å². The van der Waals surface area contributed by atoms with Gasteiger partial charge in [0.25, 0.3) is 0 Å². The molecule has 0 aliphatic rings. The van der Waals surface area contributed by atoms with E-state index >= 15 is 0 Å². The lowest BCUT2D eigenvalue weighted by molar-refractivity contribution is 0.466. The number of benzene rings is 1. The summed E-state index contributed by atoms with van der Waals surface area (Å²) in [6.45, 7) is 10.5. The van der Waals surface area contributed by atoms with Crippen molar-refractivity contribution < 1.29 is 5.11 Å². The summed E-state index contributed by atoms with van der Waals surface area (Å²) in [7, 11) is 0. The lowest BCUT2D eigenvalue weighted by Crippen LogP contribution is -2.37. The standard InChI is InChI=1S/C17H29N3O.HI/c1-5-7-8-9-19-17(18-6-2)20-12-15-10-13(3)16(21)14(4)11-15;/h10-11,21H,5-9,12H2,1-4H3,(H2,18,19,20);1H. The molecular weight excluding hydrogens is 389 g/mol. The Kier molecular flexibility index (Phi) is 11.1. The van der Waals surface area contributed by atoms with Crippen LogP contribution in [0, 0.1) is 13.8 Å². The number of phenolic OH excluding ortho intramolecular Hbond substituents is 1. The zero-order chi connectivity index (χ0) is 15.7. The molecule has 1 rings (SSSR count). The first-order valence-corrected chi connectivity index (χ1v) is 7.89. The second kappa shape index (κ2) is 11.6. The van der Waals surface area contributed by atoms with Gasteiger partial charge < -0.3 is 15.7 Å². The number of unbranched alkanes of at least 4 members (excludes halogenated alkanes) is 2. The first-order chi connectivity index (χ1) is 10.1. The lowest BCUT2D eigenvalue weighted by atomic mass is 10.1. The van der Waals surface area contributed by atoms with E-state index in [0.29, 0.717) is 12.3 Å². The Hall–Kier alpha value is -0.980. The van der Waals surface area contributed by atoms with Gasteiger partial charge in [0.05, 0.1) is 6.54 Å². The second-order valence-electron chi connectivity index (χ2n) is 5.41. The summed E-state index contributed by atoms with van der Waals surface area (Å²) in [4.78, 5) is 4.61. The van der Waals surface area contributed by atoms with Crippen molar-refractivity contribution in [1.29, 1.82) is 0 Å². The van der Waals surface area contributed by atoms with Crippen molar-refractivity contribution in [2.75, 3.05) is 13.1 Å². The maximum atomic E-state index is 9.80. The Balaban J connectivity index is 0.00000441. The zero-order valence-electron chi connectivity index (χ0n) is 14.2. The van der Waals surface area contributed by atoms with E-state index in [1.807, 2.05) is 26.0 Å². The van der Waals surface area contributed by atoms with Crippen molar-refractivity contribution in [1.82, 2.24) is 10.6 Å². The number of rotatable bonds is 7. The van der Waals surface area contributed by atoms with Gasteiger partial charge in [0.15, 0.2) is 5.96 Å². The van der Waals surface area contributed by atoms with Crippen LogP contribution in [0.15, 0.2) is 17.1 Å². The van der Waals surface area contributed by atoms with Gasteiger partial charge in [-0.15, -0.1) is 24.0 Å². The van der Waals surface area contributed by atoms with Crippen LogP contribution in [-0.2, 0) is 6.54 Å². The van der Waals surface area contributed by atoms with Crippen LogP contribution in [-0.4, -0.2) is 24.2 Å². The molecule has 0 spiro atoms. The van der Waals surface area contributed by atoms with E-state index < -0.39 is 0 Å². The van der Waals surface area contributed by atoms with Gasteiger partial charge in [0.2, 0.25) is 0 Å². The Morgan fingerprint density at radius 3 is 2.27 bits per heavy atom. The SMILES string of the molecule is CCCCCNC(=NCc1cc(C)c(O)c(C)c1)NCC.I. The quantitative estimate of drug-likeness (QED) is 0.272. The number of aromatic hydroxyl groups is 1. The number of halogens is 1. The fraction of sp³-hybridized carbons (Fsp3) is 0.588. The average Bonchev–Trinajstić information content (AvgIpc) is 2.46. The minimum absolute atomic E-state index is 0. The minimum atomic E-state index is 0. The first-order valence-electron chi connectivity index (χ1n) is 7.89. The highest BCUT2D eigenvalue weighted by Crippen LogP contribution is 2.23. The van der Waals surface area contributed by atoms with Crippen molar-refractivity contribution in [3.63, 3.8) is 0 Å². The van der Waals surface area contributed by atoms with Crippen LogP contribution >= 0.6 is 24.0 Å². The maximum absolute atomic E-state index is 9.80. The molecule has 0 fully saturated rings. The predicted molar refractivity (Wildman–Crippen MR) is 105 cm³/mol. The highest BCUT2D eigenvalue weighted by atomic mass is 127. The molecule has 0 atom stereocenters. The maximum Gasteiger partial charge on any atom is 0.191 e. The number of hydrogen-bond acceptors (Lipinski definition) is 2. The Morgan fingerprint density at radius 2 is 1.73 bits per heavy atom. The van der Waals surface area contributed by atoms with Crippen LogP contribution in [0.25, 0.3) is 0 Å². The molecule has 0 saturated heterocycles. The summed E-state index contributed by atoms with van der Waals surface area (Å²) in [6, 6.07) is 3.99. The van der Waals surface area contributed by atoms with E-state index in [0.717, 1.165) is 35.7 Å². The summed E-state index contributed by atoms with van der Waals surface area (Å²) in [6.07, 6.45) is 3.63. The predicted octanol–water partition coefficient (Wildman–Crippen LogP) is 3.87. The van der Waals surface area contributed by atoms with Gasteiger partial charge >= 0.3 is 0 Å². The lowest BCUT2D eigenvalue weighted by Gasteiger charge is -2.11. The molecule has 0 unspecified atom stereocenters. The number of aliphatic imine (C=N–C) groups is 1. The van der Waals surface area contributed by atoms with E-state index in [-0.39, 0.29) is 24.0 Å². The van der Waals surface area contributed by atoms with Crippen molar-refractivity contribution in [2.24, 2.45) is 4.99 Å². The van der Waals surface area contributed by atoms with Gasteiger partial charge in [-0.2, -0.15) is 0 Å². The summed E-state index contributed by atoms with van der Waals surface area (Å²) in [5.74, 6) is 1.24. The molecule has 0 saturated carbocycles. The Morgan fingerprint density at radius 1 is 1.09 bits per heavy atom. The minimum Gasteiger partial charge on any atom is -0.507 e. The van der Waals surface area contributed by atoms with Crippen molar-refractivity contribution in [2.45, 2.75) is 53.5 Å². The highest BCUT2D eigenvalue weighted by Gasteiger charge is 2.03. The molecule has 126 valence electrons. The molecule has 1 aromatic rings. The third kappa shape index (κ3) is 7.33. The highest BCUT2D eigenvalue weighted by molar-refractivity contribution is 14.0. The monoisotopic (exact) mass is 419 g/mol. The molecule has 0 aliphatic carbocycles. The van der Waals surface area contributed by atoms with Crippen LogP contribution in [0.2, 0.25) is 0 Å². The van der Waals surface area contributed by atoms with Gasteiger partial charge in [-0.25, -0.2) is 4.99 Å². The summed E-state index contributed by atoms with van der Waals surface area (Å²) in [5, 5.41) is 16.4. The fourth-order valence-electron chi connectivity index (χ4n) is 2.23. The molecule has 0 amide bonds. The molecule has 22 heavy (non-hydrogen) atoms. The third-order valence-electron chi connectivity index (χ3n) is 3.39. The van der Waals surface area contributed by atoms with E-state index in [9.17, 15) is 5.11 Å². The van der Waals surface area contributed by atoms with Crippen LogP contribution < -0.4 is 10.6 Å². The molecule has 0 heterocycles. The second-order valence-corrected chi connectivity index (χ2v) is 5.41. The van der Waals surface area contributed by atoms with Crippen LogP contribution in [0.4, 0.5) is 0 Å². The third-order valence-corrected chi connectivity index (χ3v) is 3.39. The summed E-state index contributed by atoms with van der Waals surface area (Å²) in [5.41, 5.74) is 2.93. The van der Waals surface area contributed by atoms with Crippen LogP contribution in [0.5, 0.6) is 5.75 Å². The van der Waals surface area contributed by atoms with E-state index in [1.54, 1.807) is 0 Å². The van der Waals surface area contributed by atoms with Gasteiger partial charge in [0, 0.05) is 13.1 Å². The van der Waals surface area contributed by atoms with E-state index in [1.165, 1.54) is 19.3 Å². The molecule has 5 heteroatoms. The Bertz CT molecular complexity index is 452. The number of nitrogens with zero attached hydrogens (tertiary/aromatic N) is 1. The number of nitrogens with one attached hydrogen (secondary N) is 2. The number of phenols is 1. The normalized spacial score (nSPS) is 11.0. The summed E-state index contributed by atoms with van der Waals surface area (Å²) >= 11 is 0. The van der Waals surface area contributed by atoms with E-state index in [2.05, 4.69) is 29.5 Å². The topological polar surface area (TPSA) is 56.7 Å². The molecule has 0 bridgehead atoms. The molecule has 0 aliphatic heterocycles. The molecule has 0 radical (unpaired) electrons. The van der Waals surface area contributed by atoms with E-state index in [4.69, 9.17) is 0 Å². The van der Waals surface area contributed by atoms with Gasteiger partial charge in [-0.05, 0) is 43.9 Å². The van der Waals surface area contributed by atoms with Crippen molar-refractivity contribution in [3.8, 4) is 5.75 Å².